The van der Waals surface area contributed by atoms with Crippen molar-refractivity contribution in [2.24, 2.45) is 0 Å². The van der Waals surface area contributed by atoms with E-state index in [0.29, 0.717) is 0 Å². The first-order valence-corrected chi connectivity index (χ1v) is 42.4. The Kier molecular flexibility index (Phi) is 2340000. The summed E-state index contributed by atoms with van der Waals surface area (Å²) in [4.78, 5) is 0. The molecule has 0 rings (SSSR count). The summed E-state index contributed by atoms with van der Waals surface area (Å²) < 4.78 is 0. The van der Waals surface area contributed by atoms with E-state index in [4.69, 9.17) is 0 Å². The third-order valence-electron chi connectivity index (χ3n) is 0. The standard InChI is InChI=1S/C3H8.41C2H6.CH4/c1-3-2;41*1-2;/h3H2,1-2H3;41*1-2H3;1H4. The van der Waals surface area contributed by atoms with E-state index >= 15 is 0 Å². The molecule has 0 radical (unpaired) electrons. The summed E-state index contributed by atoms with van der Waals surface area (Å²) in [6, 6.07) is 0. The van der Waals surface area contributed by atoms with E-state index < -0.39 is 0 Å². The van der Waals surface area contributed by atoms with Crippen molar-refractivity contribution in [1.29, 1.82) is 0 Å². The average molecular weight is 1290 g/mol. The molecule has 0 amide bonds. The lowest BCUT2D eigenvalue weighted by Crippen LogP contribution is -1.27. The maximum atomic E-state index is 2.12. The van der Waals surface area contributed by atoms with Gasteiger partial charge in [0.25, 0.3) is 0 Å². The lowest BCUT2D eigenvalue weighted by Gasteiger charge is -1.48. The van der Waals surface area contributed by atoms with Gasteiger partial charge >= 0.3 is 0 Å². The molecule has 0 aliphatic heterocycles. The second kappa shape index (κ2) is 600000. The highest BCUT2D eigenvalue weighted by molar-refractivity contribution is 3.92. The Labute approximate surface area is 592 Å². The Hall–Kier alpha value is 0. The van der Waals surface area contributed by atoms with Gasteiger partial charge in [-0.15, -0.1) is 0 Å². The van der Waals surface area contributed by atoms with E-state index in [1.807, 2.05) is 568 Å². The second-order valence-corrected chi connectivity index (χ2v) is 0.707. The molecule has 0 spiro atoms. The van der Waals surface area contributed by atoms with E-state index in [-0.39, 0.29) is 7.43 Å². The fourth-order valence-electron chi connectivity index (χ4n) is 0. The van der Waals surface area contributed by atoms with Gasteiger partial charge in [0.2, 0.25) is 0 Å². The van der Waals surface area contributed by atoms with Crippen LogP contribution in [0.25, 0.3) is 0 Å². The lowest BCUT2D eigenvalue weighted by atomic mass is 10.6. The Morgan fingerprint density at radius 3 is 0.0698 bits per heavy atom. The van der Waals surface area contributed by atoms with Gasteiger partial charge in [-0.3, -0.25) is 0 Å². The van der Waals surface area contributed by atoms with Gasteiger partial charge in [0.15, 0.2) is 0 Å². The molecule has 0 saturated carbocycles. The molecule has 0 nitrogen and oxygen atoms in total. The van der Waals surface area contributed by atoms with Gasteiger partial charge in [0.1, 0.15) is 0 Å². The van der Waals surface area contributed by atoms with Gasteiger partial charge in [-0.05, 0) is 0 Å². The number of hydrogen-bond acceptors (Lipinski definition) is 0. The fraction of sp³-hybridized carbons (Fsp3) is 1.00. The van der Waals surface area contributed by atoms with Crippen LogP contribution in [-0.2, 0) is 0 Å². The molecule has 0 saturated heterocycles. The lowest BCUT2D eigenvalue weighted by molar-refractivity contribution is 1.09. The van der Waals surface area contributed by atoms with Crippen LogP contribution in [0.3, 0.4) is 0 Å². The molecule has 0 aliphatic carbocycles. The highest BCUT2D eigenvalue weighted by Gasteiger charge is 1.35. The van der Waals surface area contributed by atoms with Crippen molar-refractivity contribution < 1.29 is 0 Å². The molecule has 0 aliphatic rings. The summed E-state index contributed by atoms with van der Waals surface area (Å²) in [5.41, 5.74) is 0. The Morgan fingerprint density at radius 1 is 0.0698 bits per heavy atom. The minimum absolute atomic E-state index is 0. The van der Waals surface area contributed by atoms with E-state index in [1.165, 1.54) is 6.42 Å². The fourth-order valence-corrected chi connectivity index (χ4v) is 0. The highest BCUT2D eigenvalue weighted by Crippen LogP contribution is 1.56. The van der Waals surface area contributed by atoms with Crippen LogP contribution >= 0.6 is 0 Å². The molecule has 0 aromatic carbocycles. The third-order valence-corrected chi connectivity index (χ3v) is 0. The van der Waals surface area contributed by atoms with E-state index in [0.717, 1.165) is 0 Å². The molecule has 0 heterocycles. The van der Waals surface area contributed by atoms with Gasteiger partial charge in [0.05, 0.1) is 0 Å². The van der Waals surface area contributed by atoms with E-state index in [9.17, 15) is 0 Å². The molecule has 0 heteroatoms. The summed E-state index contributed by atoms with van der Waals surface area (Å²) in [6.45, 7) is 168. The Balaban J connectivity index is -0.00000000537. The molecule has 0 fully saturated rings. The maximum Gasteiger partial charge on any atom is -0.0590 e. The molecular formula is C86H258. The van der Waals surface area contributed by atoms with Gasteiger partial charge in [-0.1, -0.05) is 595 Å². The normalized spacial score (nSPS) is 3.07. The van der Waals surface area contributed by atoms with Gasteiger partial charge in [-0.2, -0.15) is 0 Å². The molecule has 602 valence electrons. The minimum Gasteiger partial charge on any atom is -0.0776 e. The summed E-state index contributed by atoms with van der Waals surface area (Å²) in [6.07, 6.45) is 1.25. The number of rotatable bonds is 0. The molecule has 0 unspecified atom stereocenters. The quantitative estimate of drug-likeness (QED) is 0.227. The van der Waals surface area contributed by atoms with Gasteiger partial charge in [0, 0.05) is 0 Å². The average Bonchev–Trinajstić information content (AvgIpc) is 3.74. The Bertz CT molecular complexity index is 0. The van der Waals surface area contributed by atoms with Crippen molar-refractivity contribution in [2.45, 2.75) is 595 Å². The van der Waals surface area contributed by atoms with Crippen molar-refractivity contribution >= 4 is 0 Å². The topological polar surface area (TPSA) is 0 Å². The first kappa shape index (κ1) is 336. The smallest absolute Gasteiger partial charge is 0.0590 e. The molecular weight excluding hydrogens is 1030 g/mol. The SMILES string of the molecule is C.CC.CC.CC.CC.CC.CC.CC.CC.CC.CC.CC.CC.CC.CC.CC.CC.CC.CC.CC.CC.CC.CC.CC.CC.CC.CC.CC.CC.CC.CC.CC.CC.CC.CC.CC.CC.CC.CC.CC.CC.CC.CCC. The zero-order valence-corrected chi connectivity index (χ0v) is 84.7. The summed E-state index contributed by atoms with van der Waals surface area (Å²) in [5, 5.41) is 0. The van der Waals surface area contributed by atoms with Crippen LogP contribution in [0.5, 0.6) is 0 Å². The zero-order valence-electron chi connectivity index (χ0n) is 84.7. The number of hydrogen-bond donors (Lipinski definition) is 0. The third kappa shape index (κ3) is 0. The molecule has 86 heavy (non-hydrogen) atoms. The van der Waals surface area contributed by atoms with Crippen molar-refractivity contribution in [3.05, 3.63) is 0 Å². The molecule has 0 aromatic heterocycles. The van der Waals surface area contributed by atoms with Crippen LogP contribution in [0.15, 0.2) is 0 Å². The van der Waals surface area contributed by atoms with E-state index in [1.54, 1.807) is 0 Å². The van der Waals surface area contributed by atoms with Gasteiger partial charge in [-0.25, -0.2) is 0 Å². The maximum absolute atomic E-state index is 2.12. The molecule has 0 N–H and O–H groups in total. The zero-order chi connectivity index (χ0) is 84.7. The monoisotopic (exact) mass is 1290 g/mol. The second-order valence-electron chi connectivity index (χ2n) is 0.707. The molecule has 0 atom stereocenters. The minimum atomic E-state index is 0. The van der Waals surface area contributed by atoms with Crippen molar-refractivity contribution in [3.8, 4) is 0 Å². The predicted molar refractivity (Wildman–Crippen MR) is 488 cm³/mol. The highest BCUT2D eigenvalue weighted by atomic mass is 13.4. The van der Waals surface area contributed by atoms with Crippen LogP contribution in [0.1, 0.15) is 595 Å². The largest absolute Gasteiger partial charge is 0.0776 e. The van der Waals surface area contributed by atoms with Crippen molar-refractivity contribution in [1.82, 2.24) is 0 Å². The van der Waals surface area contributed by atoms with Crippen LogP contribution in [0.2, 0.25) is 0 Å². The van der Waals surface area contributed by atoms with Crippen molar-refractivity contribution in [3.63, 3.8) is 0 Å². The van der Waals surface area contributed by atoms with Crippen LogP contribution in [0, 0.1) is 0 Å². The Morgan fingerprint density at radius 2 is 0.0698 bits per heavy atom. The molecule has 0 bridgehead atoms. The summed E-state index contributed by atoms with van der Waals surface area (Å²) in [5.74, 6) is 0. The van der Waals surface area contributed by atoms with E-state index in [2.05, 4.69) is 13.8 Å². The van der Waals surface area contributed by atoms with Crippen LogP contribution in [0.4, 0.5) is 0 Å². The first-order chi connectivity index (χ1) is 42.4. The van der Waals surface area contributed by atoms with Gasteiger partial charge < -0.3 is 0 Å². The summed E-state index contributed by atoms with van der Waals surface area (Å²) >= 11 is 0. The van der Waals surface area contributed by atoms with Crippen LogP contribution in [-0.4, -0.2) is 0 Å². The predicted octanol–water partition coefficient (Wildman–Crippen LogP) is 44.1. The molecule has 0 aromatic rings. The van der Waals surface area contributed by atoms with Crippen molar-refractivity contribution in [2.75, 3.05) is 0 Å². The summed E-state index contributed by atoms with van der Waals surface area (Å²) in [7, 11) is 0. The first-order valence-electron chi connectivity index (χ1n) is 42.4. The van der Waals surface area contributed by atoms with Crippen LogP contribution < -0.4 is 0 Å².